The number of likely N-dealkylation sites (tertiary alicyclic amines) is 1. The lowest BCUT2D eigenvalue weighted by atomic mass is 9.55. The predicted octanol–water partition coefficient (Wildman–Crippen LogP) is 4.04. The van der Waals surface area contributed by atoms with Crippen molar-refractivity contribution in [1.82, 2.24) is 4.90 Å². The van der Waals surface area contributed by atoms with Gasteiger partial charge in [0.2, 0.25) is 11.8 Å². The van der Waals surface area contributed by atoms with Crippen LogP contribution in [0, 0.1) is 17.8 Å². The number of rotatable bonds is 6. The number of carbonyl (C=O) groups is 2. The van der Waals surface area contributed by atoms with Gasteiger partial charge in [0.15, 0.2) is 0 Å². The van der Waals surface area contributed by atoms with E-state index in [-0.39, 0.29) is 24.2 Å². The van der Waals surface area contributed by atoms with Crippen molar-refractivity contribution in [1.29, 1.82) is 0 Å². The van der Waals surface area contributed by atoms with Crippen LogP contribution in [0.1, 0.15) is 37.9 Å². The zero-order valence-electron chi connectivity index (χ0n) is 19.4. The lowest BCUT2D eigenvalue weighted by molar-refractivity contribution is -0.140. The maximum absolute atomic E-state index is 13.4. The average molecular weight is 540 g/mol. The molecule has 2 aliphatic heterocycles. The van der Waals surface area contributed by atoms with Crippen LogP contribution in [-0.2, 0) is 14.2 Å². The van der Waals surface area contributed by atoms with Gasteiger partial charge in [0.25, 0.3) is 0 Å². The number of fused-ring (bicyclic) bond motifs is 3. The number of para-hydroxylation sites is 1. The Balaban J connectivity index is 1.52. The number of amides is 2. The van der Waals surface area contributed by atoms with E-state index in [2.05, 4.69) is 15.9 Å². The first kappa shape index (κ1) is 24.1. The molecule has 0 aromatic heterocycles. The van der Waals surface area contributed by atoms with Crippen LogP contribution in [0.3, 0.4) is 0 Å². The highest BCUT2D eigenvalue weighted by Crippen LogP contribution is 2.52. The maximum Gasteiger partial charge on any atom is 0.487 e. The van der Waals surface area contributed by atoms with Crippen molar-refractivity contribution in [3.63, 3.8) is 0 Å². The minimum absolute atomic E-state index is 0.0549. The third-order valence-corrected chi connectivity index (χ3v) is 7.74. The smallest absolute Gasteiger partial charge is 0.487 e. The predicted molar refractivity (Wildman–Crippen MR) is 133 cm³/mol. The summed E-state index contributed by atoms with van der Waals surface area (Å²) in [6, 6.07) is 14.4. The standard InChI is InChI=1S/C26H27BBrNO6/c1-2-10-29-25(31)20-11-15(14-34-17-6-4-3-5-7-17)24-19(23(20)26(29)32)13-22(35-27(24)33)18-12-16(28)8-9-21(18)30/h3-9,12,19-20,22-23,30,33H,2,10-11,13-14H2,1H3/t19-,20-,22-,23+/m0/s1. The van der Waals surface area contributed by atoms with E-state index in [1.54, 1.807) is 18.2 Å². The number of imide groups is 1. The quantitative estimate of drug-likeness (QED) is 0.425. The Hall–Kier alpha value is -2.62. The van der Waals surface area contributed by atoms with Crippen molar-refractivity contribution in [2.75, 3.05) is 13.2 Å². The maximum atomic E-state index is 13.4. The lowest BCUT2D eigenvalue weighted by Crippen LogP contribution is -2.45. The highest BCUT2D eigenvalue weighted by molar-refractivity contribution is 9.10. The molecule has 3 aliphatic rings. The molecule has 7 nitrogen and oxygen atoms in total. The minimum atomic E-state index is -1.27. The summed E-state index contributed by atoms with van der Waals surface area (Å²) in [5.41, 5.74) is 1.96. The average Bonchev–Trinajstić information content (AvgIpc) is 3.09. The molecule has 2 aromatic carbocycles. The Kier molecular flexibility index (Phi) is 6.74. The van der Waals surface area contributed by atoms with Crippen LogP contribution < -0.4 is 4.74 Å². The van der Waals surface area contributed by atoms with Gasteiger partial charge in [-0.25, -0.2) is 0 Å². The molecule has 0 spiro atoms. The number of ether oxygens (including phenoxy) is 1. The Bertz CT molecular complexity index is 1170. The molecular formula is C26H27BBrNO6. The number of carbonyl (C=O) groups excluding carboxylic acids is 2. The number of aromatic hydroxyl groups is 1. The zero-order valence-corrected chi connectivity index (χ0v) is 21.0. The fraction of sp³-hybridized carbons (Fsp3) is 0.385. The van der Waals surface area contributed by atoms with Crippen molar-refractivity contribution in [3.8, 4) is 11.5 Å². The van der Waals surface area contributed by atoms with Crippen molar-refractivity contribution in [2.45, 2.75) is 32.3 Å². The zero-order chi connectivity index (χ0) is 24.7. The fourth-order valence-corrected chi connectivity index (χ4v) is 6.10. The van der Waals surface area contributed by atoms with Gasteiger partial charge in [0.1, 0.15) is 18.1 Å². The summed E-state index contributed by atoms with van der Waals surface area (Å²) in [4.78, 5) is 28.1. The van der Waals surface area contributed by atoms with E-state index in [4.69, 9.17) is 9.39 Å². The number of phenolic OH excluding ortho intramolecular Hbond substituents is 1. The van der Waals surface area contributed by atoms with Gasteiger partial charge in [0.05, 0.1) is 17.9 Å². The largest absolute Gasteiger partial charge is 0.508 e. The molecule has 1 aliphatic carbocycles. The van der Waals surface area contributed by atoms with Crippen molar-refractivity contribution >= 4 is 34.9 Å². The molecular weight excluding hydrogens is 513 g/mol. The molecule has 2 amide bonds. The molecule has 2 aromatic rings. The van der Waals surface area contributed by atoms with Crippen LogP contribution in [0.4, 0.5) is 0 Å². The fourth-order valence-electron chi connectivity index (χ4n) is 5.72. The molecule has 0 unspecified atom stereocenters. The highest BCUT2D eigenvalue weighted by atomic mass is 79.9. The third-order valence-electron chi connectivity index (χ3n) is 7.24. The van der Waals surface area contributed by atoms with E-state index in [9.17, 15) is 19.7 Å². The number of halogens is 1. The minimum Gasteiger partial charge on any atom is -0.508 e. The van der Waals surface area contributed by atoms with Crippen molar-refractivity contribution in [3.05, 3.63) is 69.6 Å². The SMILES string of the molecule is CCCN1C(=O)[C@H]2[C@H](CC(COc3ccccc3)=C3B(O)O[C@H](c4cc(Br)ccc4O)C[C@H]32)C1=O. The molecule has 35 heavy (non-hydrogen) atoms. The van der Waals surface area contributed by atoms with E-state index in [0.29, 0.717) is 42.6 Å². The van der Waals surface area contributed by atoms with Crippen molar-refractivity contribution in [2.24, 2.45) is 17.8 Å². The molecule has 4 atom stereocenters. The number of phenols is 1. The summed E-state index contributed by atoms with van der Waals surface area (Å²) in [7, 11) is -1.27. The van der Waals surface area contributed by atoms with Crippen LogP contribution in [0.2, 0.25) is 0 Å². The molecule has 2 heterocycles. The number of hydrogen-bond acceptors (Lipinski definition) is 6. The first-order valence-corrected chi connectivity index (χ1v) is 12.7. The van der Waals surface area contributed by atoms with E-state index >= 15 is 0 Å². The second-order valence-corrected chi connectivity index (χ2v) is 10.3. The van der Waals surface area contributed by atoms with E-state index in [1.165, 1.54) is 4.90 Å². The third kappa shape index (κ3) is 4.41. The molecule has 0 bridgehead atoms. The van der Waals surface area contributed by atoms with Gasteiger partial charge in [0, 0.05) is 16.6 Å². The highest BCUT2D eigenvalue weighted by Gasteiger charge is 2.57. The molecule has 0 radical (unpaired) electrons. The van der Waals surface area contributed by atoms with Crippen LogP contribution in [0.15, 0.2) is 64.0 Å². The van der Waals surface area contributed by atoms with Gasteiger partial charge < -0.3 is 19.5 Å². The molecule has 9 heteroatoms. The second kappa shape index (κ2) is 9.80. The normalized spacial score (nSPS) is 26.1. The first-order valence-electron chi connectivity index (χ1n) is 12.0. The van der Waals surface area contributed by atoms with Gasteiger partial charge in [-0.3, -0.25) is 14.5 Å². The summed E-state index contributed by atoms with van der Waals surface area (Å²) >= 11 is 3.43. The van der Waals surface area contributed by atoms with E-state index in [0.717, 1.165) is 10.0 Å². The topological polar surface area (TPSA) is 96.3 Å². The summed E-state index contributed by atoms with van der Waals surface area (Å²) in [6.45, 7) is 2.52. The van der Waals surface area contributed by atoms with Crippen LogP contribution in [-0.4, -0.2) is 47.1 Å². The van der Waals surface area contributed by atoms with Gasteiger partial charge >= 0.3 is 7.12 Å². The number of hydrogen-bond donors (Lipinski definition) is 2. The van der Waals surface area contributed by atoms with Crippen LogP contribution >= 0.6 is 15.9 Å². The Morgan fingerprint density at radius 3 is 2.66 bits per heavy atom. The summed E-state index contributed by atoms with van der Waals surface area (Å²) in [5, 5.41) is 21.6. The van der Waals surface area contributed by atoms with Gasteiger partial charge in [-0.2, -0.15) is 0 Å². The van der Waals surface area contributed by atoms with Gasteiger partial charge in [-0.05, 0) is 66.6 Å². The summed E-state index contributed by atoms with van der Waals surface area (Å²) in [5.74, 6) is -1.03. The Morgan fingerprint density at radius 2 is 1.91 bits per heavy atom. The molecule has 5 rings (SSSR count). The Morgan fingerprint density at radius 1 is 1.14 bits per heavy atom. The number of nitrogens with zero attached hydrogens (tertiary/aromatic N) is 1. The van der Waals surface area contributed by atoms with E-state index in [1.807, 2.05) is 37.3 Å². The van der Waals surface area contributed by atoms with Crippen LogP contribution in [0.25, 0.3) is 0 Å². The monoisotopic (exact) mass is 539 g/mol. The molecule has 2 fully saturated rings. The summed E-state index contributed by atoms with van der Waals surface area (Å²) < 4.78 is 12.8. The first-order chi connectivity index (χ1) is 16.9. The van der Waals surface area contributed by atoms with E-state index < -0.39 is 31.0 Å². The molecule has 182 valence electrons. The molecule has 2 saturated heterocycles. The second-order valence-electron chi connectivity index (χ2n) is 9.35. The molecule has 2 N–H and O–H groups in total. The number of benzene rings is 2. The Labute approximate surface area is 213 Å². The van der Waals surface area contributed by atoms with Crippen LogP contribution in [0.5, 0.6) is 11.5 Å². The lowest BCUT2D eigenvalue weighted by Gasteiger charge is -2.42. The summed E-state index contributed by atoms with van der Waals surface area (Å²) in [6.07, 6.45) is 0.771. The molecule has 0 saturated carbocycles. The number of allylic oxidation sites excluding steroid dienone is 1. The van der Waals surface area contributed by atoms with Gasteiger partial charge in [-0.15, -0.1) is 0 Å². The van der Waals surface area contributed by atoms with Crippen molar-refractivity contribution < 1.29 is 29.1 Å². The van der Waals surface area contributed by atoms with Gasteiger partial charge in [-0.1, -0.05) is 41.1 Å².